The van der Waals surface area contributed by atoms with Gasteiger partial charge in [-0.3, -0.25) is 0 Å². The summed E-state index contributed by atoms with van der Waals surface area (Å²) in [6.07, 6.45) is 0. The first-order valence-corrected chi connectivity index (χ1v) is 11.9. The van der Waals surface area contributed by atoms with Gasteiger partial charge in [0.1, 0.15) is 11.6 Å². The SMILES string of the molecule is CC(C)c1ccc(Nc2ccc3ccc4ccc(Nc5ccc(C(C)C)cc5)nc4c3n2)cc1. The topological polar surface area (TPSA) is 49.8 Å². The largest absolute Gasteiger partial charge is 0.340 e. The van der Waals surface area contributed by atoms with Gasteiger partial charge in [0.2, 0.25) is 0 Å². The highest BCUT2D eigenvalue weighted by molar-refractivity contribution is 6.03. The normalized spacial score (nSPS) is 11.5. The van der Waals surface area contributed by atoms with E-state index in [9.17, 15) is 0 Å². The van der Waals surface area contributed by atoms with E-state index in [0.717, 1.165) is 44.8 Å². The van der Waals surface area contributed by atoms with Crippen LogP contribution in [-0.4, -0.2) is 9.97 Å². The number of fused-ring (bicyclic) bond motifs is 3. The summed E-state index contributed by atoms with van der Waals surface area (Å²) in [5, 5.41) is 9.02. The molecule has 2 aromatic heterocycles. The minimum Gasteiger partial charge on any atom is -0.340 e. The molecule has 0 saturated heterocycles. The summed E-state index contributed by atoms with van der Waals surface area (Å²) in [4.78, 5) is 9.87. The van der Waals surface area contributed by atoms with Gasteiger partial charge < -0.3 is 10.6 Å². The zero-order valence-corrected chi connectivity index (χ0v) is 20.1. The Morgan fingerprint density at radius 1 is 0.471 bits per heavy atom. The summed E-state index contributed by atoms with van der Waals surface area (Å²) >= 11 is 0. The molecule has 3 aromatic carbocycles. The van der Waals surface area contributed by atoms with Crippen LogP contribution < -0.4 is 10.6 Å². The molecule has 0 atom stereocenters. The van der Waals surface area contributed by atoms with Crippen LogP contribution in [0, 0.1) is 0 Å². The van der Waals surface area contributed by atoms with E-state index in [-0.39, 0.29) is 0 Å². The molecule has 5 rings (SSSR count). The Balaban J connectivity index is 1.46. The molecule has 0 aliphatic rings. The summed E-state index contributed by atoms with van der Waals surface area (Å²) in [6, 6.07) is 29.5. The van der Waals surface area contributed by atoms with Gasteiger partial charge in [0.25, 0.3) is 0 Å². The summed E-state index contributed by atoms with van der Waals surface area (Å²) in [5.41, 5.74) is 6.48. The average Bonchev–Trinajstić information content (AvgIpc) is 2.84. The molecule has 34 heavy (non-hydrogen) atoms. The maximum Gasteiger partial charge on any atom is 0.131 e. The van der Waals surface area contributed by atoms with Crippen LogP contribution in [0.3, 0.4) is 0 Å². The molecular weight excluding hydrogens is 416 g/mol. The van der Waals surface area contributed by atoms with Crippen LogP contribution in [0.1, 0.15) is 50.7 Å². The van der Waals surface area contributed by atoms with Crippen molar-refractivity contribution in [2.75, 3.05) is 10.6 Å². The van der Waals surface area contributed by atoms with Crippen molar-refractivity contribution < 1.29 is 0 Å². The van der Waals surface area contributed by atoms with Gasteiger partial charge in [-0.1, -0.05) is 64.1 Å². The standard InChI is InChI=1S/C30H30N4/c1-19(2)21-7-13-25(14-8-21)31-27-17-11-23-5-6-24-12-18-28(34-30(24)29(23)33-27)32-26-15-9-22(10-16-26)20(3)4/h5-20H,1-4H3,(H,31,33)(H,32,34). The average molecular weight is 447 g/mol. The second-order valence-corrected chi connectivity index (χ2v) is 9.41. The van der Waals surface area contributed by atoms with Crippen molar-refractivity contribution in [1.82, 2.24) is 9.97 Å². The Bertz CT molecular complexity index is 1320. The minimum atomic E-state index is 0.515. The molecule has 0 aliphatic heterocycles. The first kappa shape index (κ1) is 21.9. The summed E-state index contributed by atoms with van der Waals surface area (Å²) in [5.74, 6) is 2.64. The minimum absolute atomic E-state index is 0.515. The maximum atomic E-state index is 4.93. The molecule has 0 radical (unpaired) electrons. The van der Waals surface area contributed by atoms with Crippen molar-refractivity contribution in [3.63, 3.8) is 0 Å². The van der Waals surface area contributed by atoms with Crippen molar-refractivity contribution in [2.24, 2.45) is 0 Å². The summed E-state index contributed by atoms with van der Waals surface area (Å²) in [7, 11) is 0. The van der Waals surface area contributed by atoms with Crippen molar-refractivity contribution in [2.45, 2.75) is 39.5 Å². The van der Waals surface area contributed by atoms with Gasteiger partial charge in [-0.05, 0) is 71.5 Å². The van der Waals surface area contributed by atoms with E-state index in [2.05, 4.69) is 111 Å². The number of nitrogens with zero attached hydrogens (tertiary/aromatic N) is 2. The van der Waals surface area contributed by atoms with Crippen LogP contribution >= 0.6 is 0 Å². The molecule has 4 heteroatoms. The number of anilines is 4. The second kappa shape index (κ2) is 9.14. The predicted octanol–water partition coefficient (Wildman–Crippen LogP) is 8.52. The highest BCUT2D eigenvalue weighted by Crippen LogP contribution is 2.28. The molecule has 0 spiro atoms. The van der Waals surface area contributed by atoms with Gasteiger partial charge in [0, 0.05) is 22.1 Å². The quantitative estimate of drug-likeness (QED) is 0.257. The van der Waals surface area contributed by atoms with Crippen molar-refractivity contribution >= 4 is 44.8 Å². The monoisotopic (exact) mass is 446 g/mol. The highest BCUT2D eigenvalue weighted by atomic mass is 15.0. The van der Waals surface area contributed by atoms with Crippen LogP contribution in [0.2, 0.25) is 0 Å². The molecule has 0 fully saturated rings. The van der Waals surface area contributed by atoms with Crippen LogP contribution in [0.5, 0.6) is 0 Å². The molecule has 0 aliphatic carbocycles. The molecule has 5 aromatic rings. The number of aromatic nitrogens is 2. The number of hydrogen-bond donors (Lipinski definition) is 2. The number of pyridine rings is 2. The Hall–Kier alpha value is -3.92. The molecule has 0 saturated carbocycles. The third-order valence-corrected chi connectivity index (χ3v) is 6.22. The fourth-order valence-corrected chi connectivity index (χ4v) is 4.11. The third-order valence-electron chi connectivity index (χ3n) is 6.22. The number of rotatable bonds is 6. The smallest absolute Gasteiger partial charge is 0.131 e. The lowest BCUT2D eigenvalue weighted by Crippen LogP contribution is -1.97. The van der Waals surface area contributed by atoms with Gasteiger partial charge in [-0.15, -0.1) is 0 Å². The Morgan fingerprint density at radius 3 is 1.18 bits per heavy atom. The third kappa shape index (κ3) is 4.58. The fraction of sp³-hybridized carbons (Fsp3) is 0.200. The van der Waals surface area contributed by atoms with E-state index in [1.54, 1.807) is 0 Å². The zero-order valence-electron chi connectivity index (χ0n) is 20.1. The number of nitrogens with one attached hydrogen (secondary N) is 2. The van der Waals surface area contributed by atoms with Gasteiger partial charge in [0.15, 0.2) is 0 Å². The van der Waals surface area contributed by atoms with Crippen molar-refractivity contribution in [3.8, 4) is 0 Å². The fourth-order valence-electron chi connectivity index (χ4n) is 4.11. The maximum absolute atomic E-state index is 4.93. The van der Waals surface area contributed by atoms with Gasteiger partial charge in [0.05, 0.1) is 11.0 Å². The molecular formula is C30H30N4. The molecule has 0 bridgehead atoms. The molecule has 0 unspecified atom stereocenters. The second-order valence-electron chi connectivity index (χ2n) is 9.41. The molecule has 170 valence electrons. The predicted molar refractivity (Wildman–Crippen MR) is 145 cm³/mol. The van der Waals surface area contributed by atoms with Crippen molar-refractivity contribution in [1.29, 1.82) is 0 Å². The summed E-state index contributed by atoms with van der Waals surface area (Å²) in [6.45, 7) is 8.81. The van der Waals surface area contributed by atoms with E-state index in [0.29, 0.717) is 11.8 Å². The van der Waals surface area contributed by atoms with Crippen molar-refractivity contribution in [3.05, 3.63) is 96.1 Å². The lowest BCUT2D eigenvalue weighted by molar-refractivity contribution is 0.867. The molecule has 4 nitrogen and oxygen atoms in total. The van der Waals surface area contributed by atoms with Gasteiger partial charge >= 0.3 is 0 Å². The molecule has 2 heterocycles. The van der Waals surface area contributed by atoms with Crippen LogP contribution in [0.25, 0.3) is 21.8 Å². The lowest BCUT2D eigenvalue weighted by Gasteiger charge is -2.11. The Morgan fingerprint density at radius 2 is 0.824 bits per heavy atom. The number of hydrogen-bond acceptors (Lipinski definition) is 4. The Labute approximate surface area is 201 Å². The molecule has 2 N–H and O–H groups in total. The summed E-state index contributed by atoms with van der Waals surface area (Å²) < 4.78 is 0. The molecule has 0 amide bonds. The zero-order chi connectivity index (χ0) is 23.7. The van der Waals surface area contributed by atoms with E-state index < -0.39 is 0 Å². The van der Waals surface area contributed by atoms with Crippen LogP contribution in [-0.2, 0) is 0 Å². The van der Waals surface area contributed by atoms with Crippen LogP contribution in [0.15, 0.2) is 84.9 Å². The van der Waals surface area contributed by atoms with E-state index in [4.69, 9.17) is 9.97 Å². The van der Waals surface area contributed by atoms with Gasteiger partial charge in [-0.2, -0.15) is 0 Å². The van der Waals surface area contributed by atoms with E-state index >= 15 is 0 Å². The van der Waals surface area contributed by atoms with E-state index in [1.165, 1.54) is 11.1 Å². The van der Waals surface area contributed by atoms with E-state index in [1.807, 2.05) is 12.1 Å². The van der Waals surface area contributed by atoms with Gasteiger partial charge in [-0.25, -0.2) is 9.97 Å². The first-order chi connectivity index (χ1) is 16.5. The highest BCUT2D eigenvalue weighted by Gasteiger charge is 2.08. The Kier molecular flexibility index (Phi) is 5.89. The van der Waals surface area contributed by atoms with Crippen LogP contribution in [0.4, 0.5) is 23.0 Å². The number of benzene rings is 3. The lowest BCUT2D eigenvalue weighted by atomic mass is 10.0. The first-order valence-electron chi connectivity index (χ1n) is 11.9.